The fourth-order valence-corrected chi connectivity index (χ4v) is 2.36. The van der Waals surface area contributed by atoms with Crippen molar-refractivity contribution in [2.45, 2.75) is 33.1 Å². The predicted molar refractivity (Wildman–Crippen MR) is 89.4 cm³/mol. The summed E-state index contributed by atoms with van der Waals surface area (Å²) in [6, 6.07) is 13.4. The van der Waals surface area contributed by atoms with Crippen LogP contribution in [0.4, 0.5) is 0 Å². The molecule has 0 aromatic heterocycles. The van der Waals surface area contributed by atoms with Gasteiger partial charge in [-0.3, -0.25) is 4.79 Å². The van der Waals surface area contributed by atoms with E-state index in [2.05, 4.69) is 42.8 Å². The monoisotopic (exact) mass is 346 g/mol. The highest BCUT2D eigenvalue weighted by atomic mass is 79.9. The van der Waals surface area contributed by atoms with Gasteiger partial charge < -0.3 is 4.74 Å². The molecule has 0 heterocycles. The molecule has 2 aromatic carbocycles. The van der Waals surface area contributed by atoms with Crippen LogP contribution in [-0.4, -0.2) is 5.78 Å². The highest BCUT2D eigenvalue weighted by molar-refractivity contribution is 9.10. The number of carbonyl (C=O) groups is 1. The van der Waals surface area contributed by atoms with Crippen molar-refractivity contribution in [1.29, 1.82) is 0 Å². The molecule has 0 atom stereocenters. The van der Waals surface area contributed by atoms with Crippen molar-refractivity contribution in [3.8, 4) is 11.5 Å². The van der Waals surface area contributed by atoms with Crippen LogP contribution in [0.1, 0.15) is 43.6 Å². The van der Waals surface area contributed by atoms with E-state index in [1.165, 1.54) is 5.56 Å². The molecule has 2 rings (SSSR count). The summed E-state index contributed by atoms with van der Waals surface area (Å²) in [5.41, 5.74) is 1.83. The molecule has 2 nitrogen and oxygen atoms in total. The molecule has 110 valence electrons. The molecule has 0 saturated heterocycles. The number of ketones is 1. The zero-order valence-corrected chi connectivity index (χ0v) is 14.3. The van der Waals surface area contributed by atoms with E-state index in [4.69, 9.17) is 4.74 Å². The summed E-state index contributed by atoms with van der Waals surface area (Å²) in [6.07, 6.45) is 0. The van der Waals surface area contributed by atoms with Crippen molar-refractivity contribution in [2.75, 3.05) is 0 Å². The summed E-state index contributed by atoms with van der Waals surface area (Å²) in [5, 5.41) is 0. The minimum atomic E-state index is -0.00974. The van der Waals surface area contributed by atoms with Crippen LogP contribution in [-0.2, 0) is 5.41 Å². The first kappa shape index (κ1) is 15.8. The molecule has 0 N–H and O–H groups in total. The molecular weight excluding hydrogens is 328 g/mol. The topological polar surface area (TPSA) is 26.3 Å². The largest absolute Gasteiger partial charge is 0.457 e. The molecule has 0 bridgehead atoms. The summed E-state index contributed by atoms with van der Waals surface area (Å²) < 4.78 is 6.82. The zero-order valence-electron chi connectivity index (χ0n) is 12.7. The van der Waals surface area contributed by atoms with Gasteiger partial charge in [-0.05, 0) is 48.2 Å². The summed E-state index contributed by atoms with van der Waals surface area (Å²) in [5.74, 6) is 1.30. The SMILES string of the molecule is CC(=O)c1ccc(Br)cc1Oc1cccc(C(C)(C)C)c1. The number of benzene rings is 2. The van der Waals surface area contributed by atoms with Gasteiger partial charge in [0, 0.05) is 4.47 Å². The molecule has 0 aliphatic carbocycles. The maximum Gasteiger partial charge on any atom is 0.163 e. The minimum absolute atomic E-state index is 0.00974. The summed E-state index contributed by atoms with van der Waals surface area (Å²) in [4.78, 5) is 11.7. The second kappa shape index (κ2) is 6.02. The van der Waals surface area contributed by atoms with Crippen molar-refractivity contribution < 1.29 is 9.53 Å². The number of Topliss-reactive ketones (excluding diaryl/α,β-unsaturated/α-hetero) is 1. The Morgan fingerprint density at radius 2 is 1.81 bits per heavy atom. The third-order valence-corrected chi connectivity index (χ3v) is 3.74. The summed E-state index contributed by atoms with van der Waals surface area (Å²) >= 11 is 3.41. The minimum Gasteiger partial charge on any atom is -0.457 e. The van der Waals surface area contributed by atoms with E-state index in [0.717, 1.165) is 10.2 Å². The highest BCUT2D eigenvalue weighted by Gasteiger charge is 2.15. The molecule has 0 aliphatic heterocycles. The first-order valence-electron chi connectivity index (χ1n) is 6.86. The van der Waals surface area contributed by atoms with Crippen molar-refractivity contribution in [2.24, 2.45) is 0 Å². The van der Waals surface area contributed by atoms with Crippen LogP contribution in [0.25, 0.3) is 0 Å². The lowest BCUT2D eigenvalue weighted by Crippen LogP contribution is -2.10. The van der Waals surface area contributed by atoms with Gasteiger partial charge >= 0.3 is 0 Å². The Bertz CT molecular complexity index is 669. The van der Waals surface area contributed by atoms with E-state index in [1.807, 2.05) is 30.3 Å². The first-order valence-corrected chi connectivity index (χ1v) is 7.65. The number of halogens is 1. The average Bonchev–Trinajstić information content (AvgIpc) is 2.37. The number of ether oxygens (including phenoxy) is 1. The Morgan fingerprint density at radius 3 is 2.43 bits per heavy atom. The summed E-state index contributed by atoms with van der Waals surface area (Å²) in [6.45, 7) is 8.02. The molecule has 2 aromatic rings. The third kappa shape index (κ3) is 3.94. The van der Waals surface area contributed by atoms with Gasteiger partial charge in [-0.1, -0.05) is 48.8 Å². The molecule has 0 saturated carbocycles. The lowest BCUT2D eigenvalue weighted by molar-refractivity contribution is 0.101. The smallest absolute Gasteiger partial charge is 0.163 e. The van der Waals surface area contributed by atoms with Gasteiger partial charge in [0.1, 0.15) is 11.5 Å². The Kier molecular flexibility index (Phi) is 4.52. The molecule has 0 unspecified atom stereocenters. The van der Waals surface area contributed by atoms with Crippen LogP contribution >= 0.6 is 15.9 Å². The van der Waals surface area contributed by atoms with Gasteiger partial charge in [-0.25, -0.2) is 0 Å². The fraction of sp³-hybridized carbons (Fsp3) is 0.278. The van der Waals surface area contributed by atoms with Crippen LogP contribution in [0.15, 0.2) is 46.9 Å². The molecule has 0 fully saturated rings. The normalized spacial score (nSPS) is 11.3. The second-order valence-electron chi connectivity index (χ2n) is 6.08. The zero-order chi connectivity index (χ0) is 15.6. The lowest BCUT2D eigenvalue weighted by atomic mass is 9.87. The van der Waals surface area contributed by atoms with Crippen molar-refractivity contribution in [3.05, 3.63) is 58.1 Å². The van der Waals surface area contributed by atoms with Gasteiger partial charge in [0.15, 0.2) is 5.78 Å². The summed E-state index contributed by atoms with van der Waals surface area (Å²) in [7, 11) is 0. The lowest BCUT2D eigenvalue weighted by Gasteiger charge is -2.20. The molecule has 0 amide bonds. The fourth-order valence-electron chi connectivity index (χ4n) is 2.02. The average molecular weight is 347 g/mol. The van der Waals surface area contributed by atoms with Crippen LogP contribution in [0.2, 0.25) is 0 Å². The highest BCUT2D eigenvalue weighted by Crippen LogP contribution is 2.31. The van der Waals surface area contributed by atoms with Crippen LogP contribution < -0.4 is 4.74 Å². The van der Waals surface area contributed by atoms with E-state index < -0.39 is 0 Å². The number of hydrogen-bond acceptors (Lipinski definition) is 2. The maximum atomic E-state index is 11.7. The maximum absolute atomic E-state index is 11.7. The van der Waals surface area contributed by atoms with Gasteiger partial charge in [0.05, 0.1) is 5.56 Å². The number of carbonyl (C=O) groups excluding carboxylic acids is 1. The van der Waals surface area contributed by atoms with E-state index >= 15 is 0 Å². The van der Waals surface area contributed by atoms with Crippen LogP contribution in [0.3, 0.4) is 0 Å². The first-order chi connectivity index (χ1) is 9.77. The molecule has 0 aliphatic rings. The molecule has 3 heteroatoms. The van der Waals surface area contributed by atoms with Gasteiger partial charge in [-0.15, -0.1) is 0 Å². The molecular formula is C18H19BrO2. The van der Waals surface area contributed by atoms with E-state index in [9.17, 15) is 4.79 Å². The molecule has 0 radical (unpaired) electrons. The van der Waals surface area contributed by atoms with Crippen molar-refractivity contribution in [1.82, 2.24) is 0 Å². The standard InChI is InChI=1S/C18H19BrO2/c1-12(20)16-9-8-14(19)11-17(16)21-15-7-5-6-13(10-15)18(2,3)4/h5-11H,1-4H3. The van der Waals surface area contributed by atoms with Gasteiger partial charge in [0.2, 0.25) is 0 Å². The number of hydrogen-bond donors (Lipinski definition) is 0. The Balaban J connectivity index is 2.39. The van der Waals surface area contributed by atoms with Crippen molar-refractivity contribution >= 4 is 21.7 Å². The van der Waals surface area contributed by atoms with E-state index in [1.54, 1.807) is 13.0 Å². The van der Waals surface area contributed by atoms with E-state index in [0.29, 0.717) is 11.3 Å². The van der Waals surface area contributed by atoms with E-state index in [-0.39, 0.29) is 11.2 Å². The van der Waals surface area contributed by atoms with Crippen molar-refractivity contribution in [3.63, 3.8) is 0 Å². The molecule has 21 heavy (non-hydrogen) atoms. The van der Waals surface area contributed by atoms with Gasteiger partial charge in [0.25, 0.3) is 0 Å². The number of rotatable bonds is 3. The predicted octanol–water partition coefficient (Wildman–Crippen LogP) is 5.74. The van der Waals surface area contributed by atoms with Crippen LogP contribution in [0, 0.1) is 0 Å². The Morgan fingerprint density at radius 1 is 1.10 bits per heavy atom. The second-order valence-corrected chi connectivity index (χ2v) is 6.99. The third-order valence-electron chi connectivity index (χ3n) is 3.25. The van der Waals surface area contributed by atoms with Crippen LogP contribution in [0.5, 0.6) is 11.5 Å². The Labute approximate surface area is 134 Å². The quantitative estimate of drug-likeness (QED) is 0.662. The Hall–Kier alpha value is -1.61. The molecule has 0 spiro atoms. The van der Waals surface area contributed by atoms with Gasteiger partial charge in [-0.2, -0.15) is 0 Å².